The van der Waals surface area contributed by atoms with E-state index < -0.39 is 0 Å². The number of hydrazine groups is 1. The Morgan fingerprint density at radius 3 is 2.86 bits per heavy atom. The first kappa shape index (κ1) is 15.8. The lowest BCUT2D eigenvalue weighted by atomic mass is 10.0. The molecule has 21 heavy (non-hydrogen) atoms. The second kappa shape index (κ2) is 6.93. The van der Waals surface area contributed by atoms with Crippen LogP contribution in [-0.4, -0.2) is 16.9 Å². The van der Waals surface area contributed by atoms with E-state index >= 15 is 0 Å². The van der Waals surface area contributed by atoms with Crippen molar-refractivity contribution in [2.75, 3.05) is 7.11 Å². The van der Waals surface area contributed by atoms with Crippen LogP contribution in [0, 0.1) is 6.92 Å². The molecule has 0 saturated heterocycles. The highest BCUT2D eigenvalue weighted by atomic mass is 35.5. The molecular formula is C15H21ClN4O. The smallest absolute Gasteiger partial charge is 0.124 e. The molecule has 1 heterocycles. The molecule has 0 aliphatic rings. The Labute approximate surface area is 130 Å². The fourth-order valence-corrected chi connectivity index (χ4v) is 2.69. The van der Waals surface area contributed by atoms with E-state index in [9.17, 15) is 0 Å². The Morgan fingerprint density at radius 2 is 2.24 bits per heavy atom. The van der Waals surface area contributed by atoms with Gasteiger partial charge in [0.1, 0.15) is 5.75 Å². The van der Waals surface area contributed by atoms with Crippen LogP contribution in [0.4, 0.5) is 0 Å². The first-order valence-electron chi connectivity index (χ1n) is 6.94. The lowest BCUT2D eigenvalue weighted by Gasteiger charge is -2.21. The van der Waals surface area contributed by atoms with Crippen LogP contribution in [0.3, 0.4) is 0 Å². The third kappa shape index (κ3) is 3.20. The van der Waals surface area contributed by atoms with Crippen molar-refractivity contribution in [2.45, 2.75) is 32.9 Å². The molecular weight excluding hydrogens is 288 g/mol. The molecule has 6 heteroatoms. The number of halogens is 1. The van der Waals surface area contributed by atoms with Crippen LogP contribution >= 0.6 is 11.6 Å². The molecule has 3 N–H and O–H groups in total. The quantitative estimate of drug-likeness (QED) is 0.636. The van der Waals surface area contributed by atoms with Crippen LogP contribution in [0.2, 0.25) is 5.02 Å². The first-order valence-corrected chi connectivity index (χ1v) is 7.32. The van der Waals surface area contributed by atoms with Gasteiger partial charge in [0.2, 0.25) is 0 Å². The summed E-state index contributed by atoms with van der Waals surface area (Å²) in [6.45, 7) is 4.91. The van der Waals surface area contributed by atoms with Crippen molar-refractivity contribution in [3.8, 4) is 5.75 Å². The summed E-state index contributed by atoms with van der Waals surface area (Å²) in [5.41, 5.74) is 5.76. The standard InChI is InChI=1S/C15H21ClN4O/c1-4-7-20-15(12(16)9-18-20)14(19-17)11-8-10(2)5-6-13(11)21-3/h5-6,8-9,14,19H,4,7,17H2,1-3H3. The summed E-state index contributed by atoms with van der Waals surface area (Å²) in [7, 11) is 1.65. The van der Waals surface area contributed by atoms with Gasteiger partial charge in [-0.1, -0.05) is 36.2 Å². The number of nitrogens with zero attached hydrogens (tertiary/aromatic N) is 2. The second-order valence-corrected chi connectivity index (χ2v) is 5.35. The van der Waals surface area contributed by atoms with Gasteiger partial charge < -0.3 is 4.74 Å². The summed E-state index contributed by atoms with van der Waals surface area (Å²) in [6, 6.07) is 5.70. The van der Waals surface area contributed by atoms with E-state index in [0.717, 1.165) is 35.5 Å². The predicted molar refractivity (Wildman–Crippen MR) is 84.4 cm³/mol. The molecule has 0 bridgehead atoms. The maximum absolute atomic E-state index is 6.32. The number of rotatable bonds is 6. The molecule has 0 aliphatic carbocycles. The van der Waals surface area contributed by atoms with E-state index in [4.69, 9.17) is 22.2 Å². The summed E-state index contributed by atoms with van der Waals surface area (Å²) in [4.78, 5) is 0. The molecule has 0 amide bonds. The Bertz CT molecular complexity index is 612. The Morgan fingerprint density at radius 1 is 1.48 bits per heavy atom. The van der Waals surface area contributed by atoms with Crippen LogP contribution in [0.25, 0.3) is 0 Å². The SMILES string of the molecule is CCCn1ncc(Cl)c1C(NN)c1cc(C)ccc1OC. The number of aromatic nitrogens is 2. The molecule has 1 aromatic heterocycles. The Hall–Kier alpha value is -1.56. The van der Waals surface area contributed by atoms with E-state index in [2.05, 4.69) is 17.4 Å². The molecule has 0 spiro atoms. The molecule has 1 unspecified atom stereocenters. The van der Waals surface area contributed by atoms with Gasteiger partial charge in [0.25, 0.3) is 0 Å². The van der Waals surface area contributed by atoms with Crippen molar-refractivity contribution < 1.29 is 4.74 Å². The summed E-state index contributed by atoms with van der Waals surface area (Å²) in [5.74, 6) is 6.57. The molecule has 0 fully saturated rings. The highest BCUT2D eigenvalue weighted by Crippen LogP contribution is 2.33. The molecule has 0 radical (unpaired) electrons. The molecule has 2 aromatic rings. The Balaban J connectivity index is 2.54. The third-order valence-electron chi connectivity index (χ3n) is 3.40. The first-order chi connectivity index (χ1) is 10.1. The number of hydrogen-bond acceptors (Lipinski definition) is 4. The van der Waals surface area contributed by atoms with Crippen LogP contribution in [-0.2, 0) is 6.54 Å². The summed E-state index contributed by atoms with van der Waals surface area (Å²) in [6.07, 6.45) is 2.62. The zero-order chi connectivity index (χ0) is 15.4. The molecule has 0 saturated carbocycles. The number of nitrogens with one attached hydrogen (secondary N) is 1. The number of ether oxygens (including phenoxy) is 1. The number of hydrogen-bond donors (Lipinski definition) is 2. The summed E-state index contributed by atoms with van der Waals surface area (Å²) >= 11 is 6.32. The summed E-state index contributed by atoms with van der Waals surface area (Å²) < 4.78 is 7.34. The monoisotopic (exact) mass is 308 g/mol. The van der Waals surface area contributed by atoms with Crippen LogP contribution in [0.15, 0.2) is 24.4 Å². The van der Waals surface area contributed by atoms with Gasteiger partial charge in [-0.3, -0.25) is 10.5 Å². The topological polar surface area (TPSA) is 65.1 Å². The second-order valence-electron chi connectivity index (χ2n) is 4.95. The highest BCUT2D eigenvalue weighted by molar-refractivity contribution is 6.31. The van der Waals surface area contributed by atoms with Gasteiger partial charge in [-0.15, -0.1) is 0 Å². The van der Waals surface area contributed by atoms with Crippen LogP contribution < -0.4 is 16.0 Å². The molecule has 1 atom stereocenters. The molecule has 0 aliphatic heterocycles. The normalized spacial score (nSPS) is 12.4. The van der Waals surface area contributed by atoms with Crippen LogP contribution in [0.1, 0.15) is 36.2 Å². The largest absolute Gasteiger partial charge is 0.496 e. The van der Waals surface area contributed by atoms with Gasteiger partial charge >= 0.3 is 0 Å². The fourth-order valence-electron chi connectivity index (χ4n) is 2.44. The van der Waals surface area contributed by atoms with Crippen molar-refractivity contribution in [3.63, 3.8) is 0 Å². The summed E-state index contributed by atoms with van der Waals surface area (Å²) in [5, 5.41) is 4.92. The third-order valence-corrected chi connectivity index (χ3v) is 3.70. The predicted octanol–water partition coefficient (Wildman–Crippen LogP) is 2.82. The van der Waals surface area contributed by atoms with Crippen molar-refractivity contribution in [3.05, 3.63) is 46.2 Å². The van der Waals surface area contributed by atoms with Crippen molar-refractivity contribution in [2.24, 2.45) is 5.84 Å². The number of nitrogens with two attached hydrogens (primary N) is 1. The van der Waals surface area contributed by atoms with Crippen molar-refractivity contribution in [1.29, 1.82) is 0 Å². The van der Waals surface area contributed by atoms with Crippen LogP contribution in [0.5, 0.6) is 5.75 Å². The van der Waals surface area contributed by atoms with E-state index in [0.29, 0.717) is 5.02 Å². The van der Waals surface area contributed by atoms with Gasteiger partial charge in [0, 0.05) is 12.1 Å². The molecule has 5 nitrogen and oxygen atoms in total. The number of methoxy groups -OCH3 is 1. The van der Waals surface area contributed by atoms with Gasteiger partial charge in [-0.25, -0.2) is 5.43 Å². The molecule has 114 valence electrons. The van der Waals surface area contributed by atoms with Crippen molar-refractivity contribution in [1.82, 2.24) is 15.2 Å². The lowest BCUT2D eigenvalue weighted by molar-refractivity contribution is 0.401. The highest BCUT2D eigenvalue weighted by Gasteiger charge is 2.24. The van der Waals surface area contributed by atoms with Gasteiger partial charge in [0.15, 0.2) is 0 Å². The van der Waals surface area contributed by atoms with Gasteiger partial charge in [0.05, 0.1) is 30.1 Å². The molecule has 2 rings (SSSR count). The van der Waals surface area contributed by atoms with E-state index in [1.807, 2.05) is 29.8 Å². The average Bonchev–Trinajstić information content (AvgIpc) is 2.82. The lowest BCUT2D eigenvalue weighted by Crippen LogP contribution is -2.31. The minimum atomic E-state index is -0.276. The van der Waals surface area contributed by atoms with E-state index in [1.165, 1.54) is 0 Å². The van der Waals surface area contributed by atoms with Gasteiger partial charge in [-0.05, 0) is 19.4 Å². The minimum absolute atomic E-state index is 0.276. The Kier molecular flexibility index (Phi) is 5.22. The zero-order valence-electron chi connectivity index (χ0n) is 12.6. The minimum Gasteiger partial charge on any atom is -0.496 e. The zero-order valence-corrected chi connectivity index (χ0v) is 13.3. The molecule has 1 aromatic carbocycles. The van der Waals surface area contributed by atoms with E-state index in [-0.39, 0.29) is 6.04 Å². The average molecular weight is 309 g/mol. The fraction of sp³-hybridized carbons (Fsp3) is 0.400. The number of aryl methyl sites for hydroxylation is 2. The van der Waals surface area contributed by atoms with Crippen molar-refractivity contribution >= 4 is 11.6 Å². The van der Waals surface area contributed by atoms with E-state index in [1.54, 1.807) is 13.3 Å². The maximum atomic E-state index is 6.32. The number of benzene rings is 1. The van der Waals surface area contributed by atoms with Gasteiger partial charge in [-0.2, -0.15) is 5.10 Å². The maximum Gasteiger partial charge on any atom is 0.124 e.